The molecule has 2 aromatic heterocycles. The van der Waals surface area contributed by atoms with Gasteiger partial charge in [0.05, 0.1) is 29.8 Å². The summed E-state index contributed by atoms with van der Waals surface area (Å²) in [4.78, 5) is 29.7. The molecule has 0 saturated carbocycles. The van der Waals surface area contributed by atoms with Crippen LogP contribution < -0.4 is 16.3 Å². The number of urea groups is 1. The van der Waals surface area contributed by atoms with Crippen LogP contribution in [0.25, 0.3) is 5.69 Å². The van der Waals surface area contributed by atoms with Crippen LogP contribution in [0, 0.1) is 6.92 Å². The summed E-state index contributed by atoms with van der Waals surface area (Å²) < 4.78 is 40.1. The molecule has 0 atom stereocenters. The fourth-order valence-corrected chi connectivity index (χ4v) is 4.18. The van der Waals surface area contributed by atoms with Crippen molar-refractivity contribution in [2.75, 3.05) is 10.6 Å². The van der Waals surface area contributed by atoms with Crippen LogP contribution in [0.3, 0.4) is 0 Å². The Morgan fingerprint density at radius 2 is 1.76 bits per heavy atom. The Hall–Kier alpha value is -3.90. The first-order chi connectivity index (χ1) is 17.5. The van der Waals surface area contributed by atoms with Crippen molar-refractivity contribution in [3.63, 3.8) is 0 Å². The van der Waals surface area contributed by atoms with Gasteiger partial charge in [0.2, 0.25) is 5.88 Å². The molecule has 37 heavy (non-hydrogen) atoms. The van der Waals surface area contributed by atoms with Gasteiger partial charge in [-0.15, -0.1) is 0 Å². The van der Waals surface area contributed by atoms with Gasteiger partial charge in [0.25, 0.3) is 0 Å². The molecule has 0 aliphatic rings. The van der Waals surface area contributed by atoms with E-state index in [4.69, 9.17) is 11.6 Å². The number of amides is 2. The second kappa shape index (κ2) is 10.6. The van der Waals surface area contributed by atoms with E-state index in [2.05, 4.69) is 15.6 Å². The Morgan fingerprint density at radius 1 is 1.08 bits per heavy atom. The maximum Gasteiger partial charge on any atom is 0.446 e. The molecule has 8 nitrogen and oxygen atoms in total. The summed E-state index contributed by atoms with van der Waals surface area (Å²) in [6, 6.07) is 12.7. The van der Waals surface area contributed by atoms with E-state index in [0.717, 1.165) is 4.57 Å². The predicted molar refractivity (Wildman–Crippen MR) is 136 cm³/mol. The molecule has 2 aromatic carbocycles. The molecule has 2 heterocycles. The number of anilines is 2. The molecule has 4 rings (SSSR count). The zero-order valence-corrected chi connectivity index (χ0v) is 20.7. The predicted octanol–water partition coefficient (Wildman–Crippen LogP) is 6.01. The lowest BCUT2D eigenvalue weighted by atomic mass is 10.2. The topological polar surface area (TPSA) is 101 Å². The van der Waals surface area contributed by atoms with Crippen molar-refractivity contribution in [3.8, 4) is 11.6 Å². The van der Waals surface area contributed by atoms with Crippen molar-refractivity contribution in [2.24, 2.45) is 0 Å². The molecule has 0 saturated heterocycles. The van der Waals surface area contributed by atoms with Gasteiger partial charge in [-0.25, -0.2) is 14.2 Å². The van der Waals surface area contributed by atoms with Gasteiger partial charge in [-0.3, -0.25) is 9.55 Å². The molecule has 3 N–H and O–H groups in total. The highest BCUT2D eigenvalue weighted by Crippen LogP contribution is 2.37. The normalized spacial score (nSPS) is 11.4. The fraction of sp³-hybridized carbons (Fsp3) is 0.125. The average molecular weight is 550 g/mol. The second-order valence-corrected chi connectivity index (χ2v) is 9.35. The van der Waals surface area contributed by atoms with Crippen molar-refractivity contribution in [3.05, 3.63) is 93.8 Å². The Bertz CT molecular complexity index is 1490. The largest absolute Gasteiger partial charge is 0.493 e. The number of halogens is 4. The summed E-state index contributed by atoms with van der Waals surface area (Å²) in [5.74, 6) is -0.356. The van der Waals surface area contributed by atoms with Crippen molar-refractivity contribution >= 4 is 40.8 Å². The van der Waals surface area contributed by atoms with Crippen molar-refractivity contribution in [1.29, 1.82) is 0 Å². The third-order valence-electron chi connectivity index (χ3n) is 5.28. The summed E-state index contributed by atoms with van der Waals surface area (Å²) in [7, 11) is 0. The van der Waals surface area contributed by atoms with Crippen molar-refractivity contribution in [1.82, 2.24) is 14.1 Å². The van der Waals surface area contributed by atoms with Crippen LogP contribution in [-0.4, -0.2) is 30.8 Å². The van der Waals surface area contributed by atoms with E-state index in [1.54, 1.807) is 30.3 Å². The number of imidazole rings is 1. The van der Waals surface area contributed by atoms with E-state index < -0.39 is 17.2 Å². The van der Waals surface area contributed by atoms with E-state index in [1.165, 1.54) is 48.1 Å². The molecule has 0 unspecified atom stereocenters. The lowest BCUT2D eigenvalue weighted by molar-refractivity contribution is -0.0328. The molecule has 0 spiro atoms. The zero-order chi connectivity index (χ0) is 26.7. The average Bonchev–Trinajstić information content (AvgIpc) is 3.04. The van der Waals surface area contributed by atoms with Gasteiger partial charge in [0.1, 0.15) is 0 Å². The maximum absolute atomic E-state index is 13.2. The number of alkyl halides is 3. The van der Waals surface area contributed by atoms with Crippen molar-refractivity contribution in [2.45, 2.75) is 23.9 Å². The van der Waals surface area contributed by atoms with Crippen LogP contribution in [-0.2, 0) is 6.54 Å². The van der Waals surface area contributed by atoms with Gasteiger partial charge in [-0.1, -0.05) is 11.6 Å². The van der Waals surface area contributed by atoms with Crippen LogP contribution in [0.1, 0.15) is 11.3 Å². The quantitative estimate of drug-likeness (QED) is 0.256. The third-order valence-corrected chi connectivity index (χ3v) is 6.27. The van der Waals surface area contributed by atoms with Crippen LogP contribution in [0.2, 0.25) is 5.02 Å². The second-order valence-electron chi connectivity index (χ2n) is 7.77. The standard InChI is InChI=1S/C24H19ClF3N5O3S/c1-14-21(34)33(18-6-8-19(9-7-18)37-24(26,27)28)23(36)32(14)13-15-10-11-29-12-20(15)31-22(35)30-17-4-2-16(25)3-5-17/h2-12,34H,13H2,1H3,(H2,30,31,35). The fourth-order valence-electron chi connectivity index (χ4n) is 3.52. The van der Waals surface area contributed by atoms with Gasteiger partial charge < -0.3 is 15.7 Å². The smallest absolute Gasteiger partial charge is 0.446 e. The molecule has 0 aliphatic heterocycles. The van der Waals surface area contributed by atoms with Crippen molar-refractivity contribution < 1.29 is 23.1 Å². The minimum absolute atomic E-state index is 0.0215. The molecular weight excluding hydrogens is 531 g/mol. The highest BCUT2D eigenvalue weighted by atomic mass is 35.5. The number of benzene rings is 2. The number of aromatic nitrogens is 3. The summed E-state index contributed by atoms with van der Waals surface area (Å²) >= 11 is 5.58. The van der Waals surface area contributed by atoms with E-state index in [9.17, 15) is 27.9 Å². The number of rotatable bonds is 6. The molecule has 4 aromatic rings. The Balaban J connectivity index is 1.57. The highest BCUT2D eigenvalue weighted by Gasteiger charge is 2.29. The molecule has 0 bridgehead atoms. The van der Waals surface area contributed by atoms with Crippen LogP contribution in [0.5, 0.6) is 5.88 Å². The molecule has 13 heteroatoms. The first kappa shape index (κ1) is 26.2. The van der Waals surface area contributed by atoms with Crippen LogP contribution in [0.15, 0.2) is 76.7 Å². The lowest BCUT2D eigenvalue weighted by Gasteiger charge is -2.12. The minimum Gasteiger partial charge on any atom is -0.493 e. The summed E-state index contributed by atoms with van der Waals surface area (Å²) in [6.07, 6.45) is 2.91. The first-order valence-electron chi connectivity index (χ1n) is 10.7. The first-order valence-corrected chi connectivity index (χ1v) is 11.8. The molecule has 0 aliphatic carbocycles. The SMILES string of the molecule is Cc1c(O)n(-c2ccc(SC(F)(F)F)cc2)c(=O)n1Cc1ccncc1NC(=O)Nc1ccc(Cl)cc1. The van der Waals surface area contributed by atoms with E-state index in [-0.39, 0.29) is 40.5 Å². The number of carbonyl (C=O) groups excluding carboxylic acids is 1. The summed E-state index contributed by atoms with van der Waals surface area (Å²) in [6.45, 7) is 1.51. The molecule has 2 amide bonds. The zero-order valence-electron chi connectivity index (χ0n) is 19.1. The Morgan fingerprint density at radius 3 is 2.41 bits per heavy atom. The number of pyridine rings is 1. The summed E-state index contributed by atoms with van der Waals surface area (Å²) in [5.41, 5.74) is -3.25. The Labute approximate surface area is 217 Å². The van der Waals surface area contributed by atoms with Gasteiger partial charge in [-0.05, 0) is 78.8 Å². The summed E-state index contributed by atoms with van der Waals surface area (Å²) in [5, 5.41) is 16.5. The number of hydrogen-bond donors (Lipinski definition) is 3. The molecule has 192 valence electrons. The lowest BCUT2D eigenvalue weighted by Crippen LogP contribution is -2.25. The van der Waals surface area contributed by atoms with E-state index in [1.807, 2.05) is 0 Å². The Kier molecular flexibility index (Phi) is 7.50. The van der Waals surface area contributed by atoms with Gasteiger partial charge in [-0.2, -0.15) is 13.2 Å². The minimum atomic E-state index is -4.44. The van der Waals surface area contributed by atoms with Gasteiger partial charge in [0, 0.05) is 21.8 Å². The number of thioether (sulfide) groups is 1. The monoisotopic (exact) mass is 549 g/mol. The van der Waals surface area contributed by atoms with Gasteiger partial charge in [0.15, 0.2) is 0 Å². The molecule has 0 radical (unpaired) electrons. The van der Waals surface area contributed by atoms with E-state index in [0.29, 0.717) is 22.0 Å². The van der Waals surface area contributed by atoms with E-state index >= 15 is 0 Å². The number of carbonyl (C=O) groups is 1. The highest BCUT2D eigenvalue weighted by molar-refractivity contribution is 8.00. The van der Waals surface area contributed by atoms with Crippen LogP contribution >= 0.6 is 23.4 Å². The van der Waals surface area contributed by atoms with Crippen LogP contribution in [0.4, 0.5) is 29.3 Å². The number of aromatic hydroxyl groups is 1. The molecular formula is C24H19ClF3N5O3S. The van der Waals surface area contributed by atoms with Gasteiger partial charge >= 0.3 is 17.2 Å². The molecule has 0 fully saturated rings. The number of nitrogens with one attached hydrogen (secondary N) is 2. The number of hydrogen-bond acceptors (Lipinski definition) is 5. The third kappa shape index (κ3) is 6.27. The maximum atomic E-state index is 13.2. The number of nitrogens with zero attached hydrogens (tertiary/aromatic N) is 3.